The van der Waals surface area contributed by atoms with Crippen LogP contribution in [0.1, 0.15) is 30.6 Å². The number of hydrogen-bond donors (Lipinski definition) is 1. The van der Waals surface area contributed by atoms with Crippen molar-refractivity contribution in [3.63, 3.8) is 0 Å². The molecule has 2 aliphatic rings. The third kappa shape index (κ3) is 2.06. The van der Waals surface area contributed by atoms with Gasteiger partial charge in [0.25, 0.3) is 0 Å². The van der Waals surface area contributed by atoms with Gasteiger partial charge in [-0.3, -0.25) is 4.90 Å². The number of aryl methyl sites for hydroxylation is 1. The van der Waals surface area contributed by atoms with Gasteiger partial charge in [-0.05, 0) is 31.4 Å². The van der Waals surface area contributed by atoms with Gasteiger partial charge in [0.15, 0.2) is 5.82 Å². The van der Waals surface area contributed by atoms with E-state index in [-0.39, 0.29) is 12.1 Å². The Balaban J connectivity index is 1.48. The number of fused-ring (bicyclic) bond motifs is 2. The number of hydrogen-bond acceptors (Lipinski definition) is 3. The number of nitrogens with one attached hydrogen (secondary N) is 1. The normalized spacial score (nSPS) is 19.1. The molecule has 0 spiro atoms. The Bertz CT molecular complexity index is 723. The van der Waals surface area contributed by atoms with Crippen molar-refractivity contribution in [3.05, 3.63) is 41.5 Å². The summed E-state index contributed by atoms with van der Waals surface area (Å²) in [5, 5.41) is 11.3. The fourth-order valence-electron chi connectivity index (χ4n) is 3.46. The maximum atomic E-state index is 12.6. The molecule has 0 bridgehead atoms. The van der Waals surface area contributed by atoms with Crippen LogP contribution in [0.4, 0.5) is 10.5 Å². The molecule has 6 nitrogen and oxygen atoms in total. The number of rotatable bonds is 2. The van der Waals surface area contributed by atoms with Gasteiger partial charge in [0.1, 0.15) is 5.82 Å². The smallest absolute Gasteiger partial charge is 0.322 e. The van der Waals surface area contributed by atoms with Crippen LogP contribution in [-0.4, -0.2) is 26.8 Å². The summed E-state index contributed by atoms with van der Waals surface area (Å²) in [5.74, 6) is 1.88. The molecule has 0 unspecified atom stereocenters. The monoisotopic (exact) mass is 297 g/mol. The minimum absolute atomic E-state index is 0.0622. The van der Waals surface area contributed by atoms with E-state index >= 15 is 0 Å². The Morgan fingerprint density at radius 2 is 2.23 bits per heavy atom. The second-order valence-corrected chi connectivity index (χ2v) is 6.00. The van der Waals surface area contributed by atoms with Crippen molar-refractivity contribution in [2.24, 2.45) is 0 Å². The summed E-state index contributed by atoms with van der Waals surface area (Å²) in [6.07, 6.45) is 3.00. The van der Waals surface area contributed by atoms with Crippen LogP contribution in [0, 0.1) is 0 Å². The first-order valence-electron chi connectivity index (χ1n) is 7.80. The van der Waals surface area contributed by atoms with Gasteiger partial charge in [-0.25, -0.2) is 4.79 Å². The molecule has 22 heavy (non-hydrogen) atoms. The molecule has 114 valence electrons. The highest BCUT2D eigenvalue weighted by Gasteiger charge is 2.30. The minimum atomic E-state index is -0.0622. The summed E-state index contributed by atoms with van der Waals surface area (Å²) >= 11 is 0. The maximum Gasteiger partial charge on any atom is 0.322 e. The minimum Gasteiger partial charge on any atom is -0.330 e. The van der Waals surface area contributed by atoms with Crippen LogP contribution in [0.25, 0.3) is 0 Å². The zero-order chi connectivity index (χ0) is 15.1. The highest BCUT2D eigenvalue weighted by Crippen LogP contribution is 2.31. The molecule has 4 rings (SSSR count). The first-order chi connectivity index (χ1) is 10.7. The molecule has 2 aromatic rings. The Morgan fingerprint density at radius 3 is 3.14 bits per heavy atom. The van der Waals surface area contributed by atoms with E-state index < -0.39 is 0 Å². The predicted octanol–water partition coefficient (Wildman–Crippen LogP) is 1.89. The number of carbonyl (C=O) groups is 1. The molecular formula is C16H19N5O. The number of amides is 2. The van der Waals surface area contributed by atoms with Crippen LogP contribution in [-0.2, 0) is 25.9 Å². The first-order valence-corrected chi connectivity index (χ1v) is 7.80. The van der Waals surface area contributed by atoms with Crippen LogP contribution < -0.4 is 10.2 Å². The number of benzene rings is 1. The lowest BCUT2D eigenvalue weighted by Crippen LogP contribution is -2.43. The first kappa shape index (κ1) is 13.3. The van der Waals surface area contributed by atoms with Gasteiger partial charge in [0, 0.05) is 24.7 Å². The highest BCUT2D eigenvalue weighted by molar-refractivity contribution is 5.94. The van der Waals surface area contributed by atoms with Gasteiger partial charge in [-0.15, -0.1) is 10.2 Å². The van der Waals surface area contributed by atoms with E-state index in [1.54, 1.807) is 0 Å². The Hall–Kier alpha value is -2.37. The SMILES string of the molecule is C[C@H]1Cc2ccccc2N1C(=O)NCc1nnc2n1CCC2. The van der Waals surface area contributed by atoms with Gasteiger partial charge >= 0.3 is 6.03 Å². The van der Waals surface area contributed by atoms with Crippen LogP contribution in [0.5, 0.6) is 0 Å². The van der Waals surface area contributed by atoms with Gasteiger partial charge in [-0.2, -0.15) is 0 Å². The van der Waals surface area contributed by atoms with Crippen molar-refractivity contribution < 1.29 is 4.79 Å². The summed E-state index contributed by atoms with van der Waals surface area (Å²) in [4.78, 5) is 14.4. The van der Waals surface area contributed by atoms with Gasteiger partial charge in [0.2, 0.25) is 0 Å². The quantitative estimate of drug-likeness (QED) is 0.920. The van der Waals surface area contributed by atoms with Crippen LogP contribution in [0.3, 0.4) is 0 Å². The molecule has 1 atom stereocenters. The number of anilines is 1. The molecule has 2 aliphatic heterocycles. The average molecular weight is 297 g/mol. The van der Waals surface area contributed by atoms with Gasteiger partial charge in [-0.1, -0.05) is 18.2 Å². The summed E-state index contributed by atoms with van der Waals surface area (Å²) in [5.41, 5.74) is 2.24. The maximum absolute atomic E-state index is 12.6. The molecule has 0 aliphatic carbocycles. The van der Waals surface area contributed by atoms with Crippen LogP contribution >= 0.6 is 0 Å². The van der Waals surface area contributed by atoms with Crippen molar-refractivity contribution >= 4 is 11.7 Å². The van der Waals surface area contributed by atoms with E-state index in [0.29, 0.717) is 6.54 Å². The van der Waals surface area contributed by atoms with E-state index in [1.807, 2.05) is 23.1 Å². The third-order valence-electron chi connectivity index (χ3n) is 4.51. The summed E-state index contributed by atoms with van der Waals surface area (Å²) in [6.45, 7) is 3.46. The molecule has 6 heteroatoms. The zero-order valence-electron chi connectivity index (χ0n) is 12.6. The predicted molar refractivity (Wildman–Crippen MR) is 82.7 cm³/mol. The fourth-order valence-corrected chi connectivity index (χ4v) is 3.46. The van der Waals surface area contributed by atoms with Crippen molar-refractivity contribution in [2.45, 2.75) is 45.3 Å². The van der Waals surface area contributed by atoms with E-state index in [9.17, 15) is 4.79 Å². The lowest BCUT2D eigenvalue weighted by atomic mass is 10.1. The molecule has 0 saturated heterocycles. The van der Waals surface area contributed by atoms with Crippen LogP contribution in [0.15, 0.2) is 24.3 Å². The van der Waals surface area contributed by atoms with Gasteiger partial charge < -0.3 is 9.88 Å². The van der Waals surface area contributed by atoms with Crippen molar-refractivity contribution in [3.8, 4) is 0 Å². The number of nitrogens with zero attached hydrogens (tertiary/aromatic N) is 4. The Kier molecular flexibility index (Phi) is 3.10. The largest absolute Gasteiger partial charge is 0.330 e. The molecule has 1 aromatic carbocycles. The van der Waals surface area contributed by atoms with Crippen molar-refractivity contribution in [1.82, 2.24) is 20.1 Å². The topological polar surface area (TPSA) is 63.1 Å². The van der Waals surface area contributed by atoms with E-state index in [4.69, 9.17) is 0 Å². The Labute approximate surface area is 129 Å². The van der Waals surface area contributed by atoms with E-state index in [1.165, 1.54) is 5.56 Å². The molecule has 1 aromatic heterocycles. The fraction of sp³-hybridized carbons (Fsp3) is 0.438. The zero-order valence-corrected chi connectivity index (χ0v) is 12.6. The van der Waals surface area contributed by atoms with Crippen LogP contribution in [0.2, 0.25) is 0 Å². The summed E-state index contributed by atoms with van der Waals surface area (Å²) in [7, 11) is 0. The number of aromatic nitrogens is 3. The number of carbonyl (C=O) groups excluding carboxylic acids is 1. The van der Waals surface area contributed by atoms with Crippen molar-refractivity contribution in [2.75, 3.05) is 4.90 Å². The van der Waals surface area contributed by atoms with Crippen molar-refractivity contribution in [1.29, 1.82) is 0 Å². The second kappa shape index (κ2) is 5.12. The standard InChI is InChI=1S/C16H19N5O/c1-11-9-12-5-2-3-6-13(12)21(11)16(22)17-10-15-19-18-14-7-4-8-20(14)15/h2-3,5-6,11H,4,7-10H2,1H3,(H,17,22)/t11-/m0/s1. The Morgan fingerprint density at radius 1 is 1.36 bits per heavy atom. The molecule has 2 amide bonds. The molecule has 0 radical (unpaired) electrons. The summed E-state index contributed by atoms with van der Waals surface area (Å²) in [6, 6.07) is 8.21. The number of urea groups is 1. The lowest BCUT2D eigenvalue weighted by molar-refractivity contribution is 0.244. The third-order valence-corrected chi connectivity index (χ3v) is 4.51. The molecular weight excluding hydrogens is 278 g/mol. The van der Waals surface area contributed by atoms with E-state index in [0.717, 1.165) is 43.1 Å². The van der Waals surface area contributed by atoms with E-state index in [2.05, 4.69) is 33.1 Å². The molecule has 0 saturated carbocycles. The average Bonchev–Trinajstić information content (AvgIpc) is 3.18. The lowest BCUT2D eigenvalue weighted by Gasteiger charge is -2.23. The molecule has 3 heterocycles. The molecule has 0 fully saturated rings. The molecule has 1 N–H and O–H groups in total. The highest BCUT2D eigenvalue weighted by atomic mass is 16.2. The second-order valence-electron chi connectivity index (χ2n) is 6.00. The number of para-hydroxylation sites is 1. The van der Waals surface area contributed by atoms with Gasteiger partial charge in [0.05, 0.1) is 6.54 Å². The summed E-state index contributed by atoms with van der Waals surface area (Å²) < 4.78 is 2.11.